The van der Waals surface area contributed by atoms with E-state index >= 15 is 0 Å². The zero-order chi connectivity index (χ0) is 12.6. The third-order valence-corrected chi connectivity index (χ3v) is 5.67. The zero-order valence-electron chi connectivity index (χ0n) is 11.6. The minimum Gasteiger partial charge on any atom is -0.526 e. The molecule has 0 aromatic heterocycles. The van der Waals surface area contributed by atoms with Crippen LogP contribution >= 0.6 is 0 Å². The van der Waals surface area contributed by atoms with Gasteiger partial charge in [0.25, 0.3) is 0 Å². The van der Waals surface area contributed by atoms with Gasteiger partial charge in [-0.05, 0) is 49.3 Å². The van der Waals surface area contributed by atoms with E-state index in [0.29, 0.717) is 0 Å². The van der Waals surface area contributed by atoms with Gasteiger partial charge in [-0.3, -0.25) is 0 Å². The van der Waals surface area contributed by atoms with Gasteiger partial charge in [0, 0.05) is 0 Å². The van der Waals surface area contributed by atoms with E-state index in [1.807, 2.05) is 6.26 Å². The zero-order valence-corrected chi connectivity index (χ0v) is 12.6. The van der Waals surface area contributed by atoms with Gasteiger partial charge in [0.1, 0.15) is 0 Å². The van der Waals surface area contributed by atoms with E-state index in [4.69, 9.17) is 8.85 Å². The molecule has 2 saturated carbocycles. The summed E-state index contributed by atoms with van der Waals surface area (Å²) in [4.78, 5) is 0. The van der Waals surface area contributed by atoms with Gasteiger partial charge in [0.2, 0.25) is 0 Å². The first kappa shape index (κ1) is 13.8. The Labute approximate surface area is 113 Å². The normalized spacial score (nSPS) is 23.7. The van der Waals surface area contributed by atoms with E-state index in [2.05, 4.69) is 11.7 Å². The molecule has 2 aliphatic rings. The Morgan fingerprint density at radius 3 is 2.11 bits per heavy atom. The molecule has 0 amide bonds. The van der Waals surface area contributed by atoms with Crippen LogP contribution in [0.5, 0.6) is 0 Å². The molecule has 0 radical (unpaired) electrons. The molecule has 2 nitrogen and oxygen atoms in total. The molecule has 0 aromatic rings. The second-order valence-electron chi connectivity index (χ2n) is 5.58. The van der Waals surface area contributed by atoms with Crippen LogP contribution in [0.25, 0.3) is 0 Å². The molecule has 0 bridgehead atoms. The van der Waals surface area contributed by atoms with Crippen molar-refractivity contribution in [2.45, 2.75) is 57.8 Å². The van der Waals surface area contributed by atoms with Crippen molar-refractivity contribution in [2.75, 3.05) is 7.11 Å². The molecule has 0 aromatic carbocycles. The predicted octanol–water partition coefficient (Wildman–Crippen LogP) is 3.81. The summed E-state index contributed by atoms with van der Waals surface area (Å²) in [5, 5.41) is 0. The monoisotopic (exact) mass is 266 g/mol. The van der Waals surface area contributed by atoms with Gasteiger partial charge in [-0.2, -0.15) is 0 Å². The van der Waals surface area contributed by atoms with Crippen LogP contribution in [0.3, 0.4) is 0 Å². The van der Waals surface area contributed by atoms with Crippen LogP contribution in [0.1, 0.15) is 57.8 Å². The minimum atomic E-state index is -1.19. The Kier molecular flexibility index (Phi) is 5.98. The molecule has 3 heteroatoms. The maximum Gasteiger partial charge on any atom is 0.480 e. The van der Waals surface area contributed by atoms with Gasteiger partial charge >= 0.3 is 8.90 Å². The van der Waals surface area contributed by atoms with Crippen molar-refractivity contribution >= 4 is 14.6 Å². The van der Waals surface area contributed by atoms with Crippen LogP contribution in [0.15, 0.2) is 12.3 Å². The lowest BCUT2D eigenvalue weighted by Crippen LogP contribution is -2.17. The van der Waals surface area contributed by atoms with Crippen molar-refractivity contribution in [3.63, 3.8) is 0 Å². The summed E-state index contributed by atoms with van der Waals surface area (Å²) >= 11 is 0. The van der Waals surface area contributed by atoms with E-state index in [-0.39, 0.29) is 0 Å². The van der Waals surface area contributed by atoms with Gasteiger partial charge in [0.15, 0.2) is 0 Å². The van der Waals surface area contributed by atoms with Crippen molar-refractivity contribution in [1.29, 1.82) is 0 Å². The number of hydrogen-bond acceptors (Lipinski definition) is 2. The Balaban J connectivity index is 1.79. The van der Waals surface area contributed by atoms with Crippen molar-refractivity contribution in [3.05, 3.63) is 12.3 Å². The first-order valence-electron chi connectivity index (χ1n) is 7.47. The third-order valence-electron chi connectivity index (χ3n) is 4.16. The van der Waals surface area contributed by atoms with Gasteiger partial charge in [0.05, 0.1) is 13.4 Å². The average Bonchev–Trinajstić information content (AvgIpc) is 2.59. The quantitative estimate of drug-likeness (QED) is 0.428. The summed E-state index contributed by atoms with van der Waals surface area (Å²) in [5.74, 6) is 1.49. The summed E-state index contributed by atoms with van der Waals surface area (Å²) < 4.78 is 11.3. The van der Waals surface area contributed by atoms with Gasteiger partial charge in [-0.1, -0.05) is 32.1 Å². The summed E-state index contributed by atoms with van der Waals surface area (Å²) in [6.45, 7) is 0. The molecular formula is C15H26O2Si. The molecule has 2 fully saturated rings. The summed E-state index contributed by atoms with van der Waals surface area (Å²) in [6.07, 6.45) is 16.4. The molecule has 2 rings (SSSR count). The Bertz CT molecular complexity index is 287. The highest BCUT2D eigenvalue weighted by Gasteiger charge is 2.15. The van der Waals surface area contributed by atoms with Crippen molar-refractivity contribution in [3.8, 4) is 0 Å². The van der Waals surface area contributed by atoms with E-state index in [9.17, 15) is 0 Å². The summed E-state index contributed by atoms with van der Waals surface area (Å²) in [5.41, 5.74) is 2.36. The van der Waals surface area contributed by atoms with Crippen LogP contribution in [0.4, 0.5) is 0 Å². The SMILES string of the molecule is CO[Si](=CC1CCCCCC1)OC=CC1CCC1. The highest BCUT2D eigenvalue weighted by Crippen LogP contribution is 2.27. The molecular weight excluding hydrogens is 240 g/mol. The fourth-order valence-corrected chi connectivity index (χ4v) is 3.92. The maximum absolute atomic E-state index is 5.78. The molecule has 0 atom stereocenters. The largest absolute Gasteiger partial charge is 0.526 e. The van der Waals surface area contributed by atoms with Crippen LogP contribution in [0.2, 0.25) is 0 Å². The van der Waals surface area contributed by atoms with Gasteiger partial charge < -0.3 is 8.85 Å². The van der Waals surface area contributed by atoms with E-state index in [1.54, 1.807) is 7.11 Å². The van der Waals surface area contributed by atoms with Crippen molar-refractivity contribution in [1.82, 2.24) is 0 Å². The molecule has 0 unspecified atom stereocenters. The Morgan fingerprint density at radius 1 is 0.889 bits per heavy atom. The van der Waals surface area contributed by atoms with Crippen LogP contribution < -0.4 is 0 Å². The fraction of sp³-hybridized carbons (Fsp3) is 0.800. The average molecular weight is 266 g/mol. The topological polar surface area (TPSA) is 18.5 Å². The second-order valence-corrected chi connectivity index (χ2v) is 7.19. The lowest BCUT2D eigenvalue weighted by molar-refractivity contribution is 0.322. The standard InChI is InChI=1S/C15H26O2Si/c1-16-18(17-12-11-14-9-6-10-14)13-15-7-4-2-3-5-8-15/h11-15H,2-10H2,1H3. The summed E-state index contributed by atoms with van der Waals surface area (Å²) in [7, 11) is 0.586. The highest BCUT2D eigenvalue weighted by atomic mass is 28.3. The Morgan fingerprint density at radius 2 is 1.56 bits per heavy atom. The minimum absolute atomic E-state index is 0.721. The molecule has 102 valence electrons. The van der Waals surface area contributed by atoms with Crippen molar-refractivity contribution in [2.24, 2.45) is 11.8 Å². The number of hydrogen-bond donors (Lipinski definition) is 0. The molecule has 2 aliphatic carbocycles. The summed E-state index contributed by atoms with van der Waals surface area (Å²) in [6, 6.07) is 0. The molecule has 0 N–H and O–H groups in total. The smallest absolute Gasteiger partial charge is 0.480 e. The van der Waals surface area contributed by atoms with Gasteiger partial charge in [-0.15, -0.1) is 0 Å². The number of rotatable bonds is 5. The highest BCUT2D eigenvalue weighted by molar-refractivity contribution is 6.54. The van der Waals surface area contributed by atoms with Crippen LogP contribution in [0, 0.1) is 11.8 Å². The third kappa shape index (κ3) is 4.60. The maximum atomic E-state index is 5.78. The first-order valence-corrected chi connectivity index (χ1v) is 8.87. The molecule has 0 heterocycles. The number of allylic oxidation sites excluding steroid dienone is 1. The predicted molar refractivity (Wildman–Crippen MR) is 77.6 cm³/mol. The van der Waals surface area contributed by atoms with Crippen molar-refractivity contribution < 1.29 is 8.85 Å². The van der Waals surface area contributed by atoms with Gasteiger partial charge in [-0.25, -0.2) is 0 Å². The van der Waals surface area contributed by atoms with E-state index in [1.165, 1.54) is 57.8 Å². The Hall–Kier alpha value is -0.573. The van der Waals surface area contributed by atoms with Crippen LogP contribution in [-0.4, -0.2) is 21.7 Å². The molecule has 18 heavy (non-hydrogen) atoms. The molecule has 0 saturated heterocycles. The lowest BCUT2D eigenvalue weighted by Gasteiger charge is -2.21. The second kappa shape index (κ2) is 7.77. The van der Waals surface area contributed by atoms with E-state index < -0.39 is 8.90 Å². The van der Waals surface area contributed by atoms with E-state index in [0.717, 1.165) is 11.8 Å². The molecule has 0 spiro atoms. The fourth-order valence-electron chi connectivity index (χ4n) is 2.68. The molecule has 0 aliphatic heterocycles. The lowest BCUT2D eigenvalue weighted by atomic mass is 9.86. The van der Waals surface area contributed by atoms with Crippen LogP contribution in [-0.2, 0) is 8.85 Å². The first-order chi connectivity index (χ1) is 8.88.